The van der Waals surface area contributed by atoms with E-state index in [1.165, 1.54) is 0 Å². The normalized spacial score (nSPS) is 11.2. The highest BCUT2D eigenvalue weighted by Gasteiger charge is 2.10. The van der Waals surface area contributed by atoms with Gasteiger partial charge in [-0.3, -0.25) is 0 Å². The second-order valence-electron chi connectivity index (χ2n) is 8.96. The van der Waals surface area contributed by atoms with Crippen LogP contribution in [0, 0.1) is 0 Å². The molecule has 0 atom stereocenters. The van der Waals surface area contributed by atoms with E-state index in [1.54, 1.807) is 12.4 Å². The van der Waals surface area contributed by atoms with Crippen molar-refractivity contribution in [3.05, 3.63) is 122 Å². The quantitative estimate of drug-likeness (QED) is 0.265. The van der Waals surface area contributed by atoms with Gasteiger partial charge in [0.15, 0.2) is 11.6 Å². The first-order valence-corrected chi connectivity index (χ1v) is 12.3. The molecule has 7 aromatic rings. The highest BCUT2D eigenvalue weighted by atomic mass is 15.2. The monoisotopic (exact) mass is 488 g/mol. The van der Waals surface area contributed by atoms with Gasteiger partial charge in [-0.15, -0.1) is 20.4 Å². The van der Waals surface area contributed by atoms with Crippen LogP contribution < -0.4 is 0 Å². The zero-order valence-corrected chi connectivity index (χ0v) is 20.2. The summed E-state index contributed by atoms with van der Waals surface area (Å²) in [4.78, 5) is 9.17. The Kier molecular flexibility index (Phi) is 5.33. The molecule has 0 unspecified atom stereocenters. The zero-order chi connectivity index (χ0) is 25.3. The average molecular weight is 489 g/mol. The molecule has 6 nitrogen and oxygen atoms in total. The smallest absolute Gasteiger partial charge is 0.181 e. The Morgan fingerprint density at radius 2 is 0.789 bits per heavy atom. The fourth-order valence-electron chi connectivity index (χ4n) is 4.73. The topological polar surface area (TPSA) is 77.3 Å². The average Bonchev–Trinajstić information content (AvgIpc) is 3.01. The Morgan fingerprint density at radius 1 is 0.368 bits per heavy atom. The van der Waals surface area contributed by atoms with Crippen LogP contribution in [0.4, 0.5) is 0 Å². The van der Waals surface area contributed by atoms with E-state index in [9.17, 15) is 0 Å². The summed E-state index contributed by atoms with van der Waals surface area (Å²) in [6.07, 6.45) is 3.55. The fourth-order valence-corrected chi connectivity index (χ4v) is 4.73. The fraction of sp³-hybridized carbons (Fsp3) is 0. The second kappa shape index (κ2) is 9.26. The molecular weight excluding hydrogens is 468 g/mol. The highest BCUT2D eigenvalue weighted by Crippen LogP contribution is 2.29. The van der Waals surface area contributed by atoms with Crippen LogP contribution in [0.15, 0.2) is 122 Å². The van der Waals surface area contributed by atoms with E-state index in [-0.39, 0.29) is 0 Å². The summed E-state index contributed by atoms with van der Waals surface area (Å²) in [6, 6.07) is 36.6. The van der Waals surface area contributed by atoms with Crippen LogP contribution in [-0.4, -0.2) is 30.4 Å². The molecule has 0 bridgehead atoms. The summed E-state index contributed by atoms with van der Waals surface area (Å²) < 4.78 is 0. The van der Waals surface area contributed by atoms with E-state index in [1.807, 2.05) is 72.8 Å². The van der Waals surface area contributed by atoms with Crippen molar-refractivity contribution < 1.29 is 0 Å². The largest absolute Gasteiger partial charge is 0.233 e. The van der Waals surface area contributed by atoms with Crippen molar-refractivity contribution in [1.82, 2.24) is 30.4 Å². The van der Waals surface area contributed by atoms with Crippen molar-refractivity contribution in [1.29, 1.82) is 0 Å². The molecule has 0 fully saturated rings. The van der Waals surface area contributed by atoms with E-state index in [4.69, 9.17) is 0 Å². The third-order valence-electron chi connectivity index (χ3n) is 6.66. The molecule has 5 aromatic carbocycles. The number of benzene rings is 5. The van der Waals surface area contributed by atoms with E-state index >= 15 is 0 Å². The van der Waals surface area contributed by atoms with Gasteiger partial charge in [0.1, 0.15) is 11.4 Å². The predicted octanol–water partition coefficient (Wildman–Crippen LogP) is 7.03. The minimum Gasteiger partial charge on any atom is -0.233 e. The first kappa shape index (κ1) is 21.9. The summed E-state index contributed by atoms with van der Waals surface area (Å²) >= 11 is 0. The lowest BCUT2D eigenvalue weighted by molar-refractivity contribution is 0.984. The van der Waals surface area contributed by atoms with Gasteiger partial charge < -0.3 is 0 Å². The summed E-state index contributed by atoms with van der Waals surface area (Å²) in [5.41, 5.74) is 5.25. The van der Waals surface area contributed by atoms with Crippen LogP contribution in [-0.2, 0) is 0 Å². The van der Waals surface area contributed by atoms with Crippen molar-refractivity contribution in [3.8, 4) is 45.3 Å². The molecule has 7 rings (SSSR count). The molecule has 2 heterocycles. The second-order valence-corrected chi connectivity index (χ2v) is 8.96. The number of hydrogen-bond acceptors (Lipinski definition) is 6. The molecule has 0 amide bonds. The van der Waals surface area contributed by atoms with Gasteiger partial charge in [-0.1, -0.05) is 109 Å². The molecule has 0 spiro atoms. The summed E-state index contributed by atoms with van der Waals surface area (Å²) in [6.45, 7) is 0. The summed E-state index contributed by atoms with van der Waals surface area (Å²) in [5, 5.41) is 22.3. The Balaban J connectivity index is 1.14. The maximum atomic E-state index is 4.59. The maximum Gasteiger partial charge on any atom is 0.181 e. The van der Waals surface area contributed by atoms with Gasteiger partial charge in [0.25, 0.3) is 0 Å². The van der Waals surface area contributed by atoms with Crippen LogP contribution in [0.25, 0.3) is 66.8 Å². The van der Waals surface area contributed by atoms with Crippen LogP contribution in [0.2, 0.25) is 0 Å². The lowest BCUT2D eigenvalue weighted by Crippen LogP contribution is -1.97. The molecule has 0 N–H and O–H groups in total. The zero-order valence-electron chi connectivity index (χ0n) is 20.2. The maximum absolute atomic E-state index is 4.59. The Labute approximate surface area is 218 Å². The van der Waals surface area contributed by atoms with Crippen molar-refractivity contribution in [3.63, 3.8) is 0 Å². The third kappa shape index (κ3) is 3.94. The highest BCUT2D eigenvalue weighted by molar-refractivity contribution is 5.96. The number of rotatable bonds is 4. The van der Waals surface area contributed by atoms with Gasteiger partial charge in [-0.25, -0.2) is 9.97 Å². The van der Waals surface area contributed by atoms with Crippen LogP contribution in [0.1, 0.15) is 0 Å². The molecule has 38 heavy (non-hydrogen) atoms. The molecule has 0 aliphatic carbocycles. The van der Waals surface area contributed by atoms with Crippen LogP contribution >= 0.6 is 0 Å². The van der Waals surface area contributed by atoms with E-state index in [0.29, 0.717) is 11.6 Å². The van der Waals surface area contributed by atoms with Gasteiger partial charge in [-0.2, -0.15) is 0 Å². The number of hydrogen-bond donors (Lipinski definition) is 0. The summed E-state index contributed by atoms with van der Waals surface area (Å²) in [5.74, 6) is 1.12. The predicted molar refractivity (Wildman–Crippen MR) is 150 cm³/mol. The Bertz CT molecular complexity index is 1750. The molecule has 0 radical (unpaired) electrons. The molecule has 0 saturated carbocycles. The van der Waals surface area contributed by atoms with Gasteiger partial charge in [0, 0.05) is 22.3 Å². The van der Waals surface area contributed by atoms with Gasteiger partial charge in [0.2, 0.25) is 0 Å². The first-order valence-electron chi connectivity index (χ1n) is 12.3. The van der Waals surface area contributed by atoms with E-state index in [0.717, 1.165) is 55.2 Å². The van der Waals surface area contributed by atoms with Gasteiger partial charge >= 0.3 is 0 Å². The lowest BCUT2D eigenvalue weighted by atomic mass is 10.0. The molecule has 2 aromatic heterocycles. The molecular formula is C32H20N6. The first-order chi connectivity index (χ1) is 18.8. The third-order valence-corrected chi connectivity index (χ3v) is 6.66. The van der Waals surface area contributed by atoms with E-state index < -0.39 is 0 Å². The Hall–Kier alpha value is -5.36. The Morgan fingerprint density at radius 3 is 1.21 bits per heavy atom. The number of nitrogens with zero attached hydrogens (tertiary/aromatic N) is 6. The lowest BCUT2D eigenvalue weighted by Gasteiger charge is -2.07. The van der Waals surface area contributed by atoms with Crippen molar-refractivity contribution in [2.75, 3.05) is 0 Å². The minimum atomic E-state index is 0.561. The van der Waals surface area contributed by atoms with Crippen LogP contribution in [0.3, 0.4) is 0 Å². The molecule has 0 aliphatic heterocycles. The van der Waals surface area contributed by atoms with Crippen molar-refractivity contribution in [2.24, 2.45) is 0 Å². The SMILES string of the molecule is c1ccc2c(-c3cnc(-c4ccc(-c5ncc(-c6cccc7ccccc67)nn5)cc4)nn3)cccc2c1. The van der Waals surface area contributed by atoms with Crippen LogP contribution in [0.5, 0.6) is 0 Å². The molecule has 178 valence electrons. The molecule has 0 saturated heterocycles. The summed E-state index contributed by atoms with van der Waals surface area (Å²) in [7, 11) is 0. The van der Waals surface area contributed by atoms with Crippen molar-refractivity contribution in [2.45, 2.75) is 0 Å². The molecule has 6 heteroatoms. The molecule has 0 aliphatic rings. The van der Waals surface area contributed by atoms with Gasteiger partial charge in [-0.05, 0) is 21.5 Å². The number of fused-ring (bicyclic) bond motifs is 2. The standard InChI is InChI=1S/C32H20N6/c1-3-11-25-21(7-1)9-5-13-27(25)29-19-33-31(37-35-29)23-15-17-24(18-16-23)32-34-20-30(36-38-32)28-14-6-10-22-8-2-4-12-26(22)28/h1-20H. The number of aromatic nitrogens is 6. The van der Waals surface area contributed by atoms with E-state index in [2.05, 4.69) is 66.8 Å². The minimum absolute atomic E-state index is 0.561. The van der Waals surface area contributed by atoms with Crippen molar-refractivity contribution >= 4 is 21.5 Å². The van der Waals surface area contributed by atoms with Gasteiger partial charge in [0.05, 0.1) is 12.4 Å².